The molecular weight excluding hydrogens is 360 g/mol. The van der Waals surface area contributed by atoms with E-state index in [-0.39, 0.29) is 21.7 Å². The van der Waals surface area contributed by atoms with Gasteiger partial charge in [0, 0.05) is 0 Å². The molecule has 1 heteroatoms. The summed E-state index contributed by atoms with van der Waals surface area (Å²) in [5.74, 6) is 0. The number of benzene rings is 3. The Hall–Kier alpha value is -1.63. The molecule has 0 amide bonds. The Bertz CT molecular complexity index is 572. The molecule has 3 aromatic rings. The minimum absolute atomic E-state index is 0. The van der Waals surface area contributed by atoms with Crippen LogP contribution in [0, 0.1) is 27.7 Å². The SMILES string of the molecule is [CH2-]C.[CH2-]C.[CH2-]C.[CH2-]C.[Ti+4].c1ccc(-c2ccccc2-c2ccccc2)cc1. The van der Waals surface area contributed by atoms with Gasteiger partial charge in [-0.25, -0.2) is 0 Å². The van der Waals surface area contributed by atoms with Crippen LogP contribution in [-0.2, 0) is 21.7 Å². The quantitative estimate of drug-likeness (QED) is 0.302. The Labute approximate surface area is 183 Å². The Kier molecular flexibility index (Phi) is 25.0. The molecule has 0 saturated carbocycles. The van der Waals surface area contributed by atoms with Crippen molar-refractivity contribution in [1.29, 1.82) is 0 Å². The molecule has 0 atom stereocenters. The molecule has 0 aliphatic rings. The zero-order valence-corrected chi connectivity index (χ0v) is 19.0. The summed E-state index contributed by atoms with van der Waals surface area (Å²) in [4.78, 5) is 0. The van der Waals surface area contributed by atoms with Gasteiger partial charge < -0.3 is 27.7 Å². The summed E-state index contributed by atoms with van der Waals surface area (Å²) in [5.41, 5.74) is 5.09. The zero-order chi connectivity index (χ0) is 20.2. The molecule has 0 spiro atoms. The van der Waals surface area contributed by atoms with Gasteiger partial charge in [0.15, 0.2) is 0 Å². The minimum Gasteiger partial charge on any atom is -0.346 e. The second-order valence-corrected chi connectivity index (χ2v) is 4.28. The van der Waals surface area contributed by atoms with Crippen LogP contribution in [0.3, 0.4) is 0 Å². The molecule has 0 N–H and O–H groups in total. The Balaban J connectivity index is -0.000000572. The molecule has 0 saturated heterocycles. The van der Waals surface area contributed by atoms with E-state index in [1.165, 1.54) is 22.3 Å². The summed E-state index contributed by atoms with van der Waals surface area (Å²) in [6, 6.07) is 29.6. The van der Waals surface area contributed by atoms with Crippen molar-refractivity contribution in [3.8, 4) is 22.3 Å². The van der Waals surface area contributed by atoms with Crippen LogP contribution >= 0.6 is 0 Å². The van der Waals surface area contributed by atoms with Gasteiger partial charge in [-0.3, -0.25) is 0 Å². The van der Waals surface area contributed by atoms with Gasteiger partial charge in [0.05, 0.1) is 0 Å². The Morgan fingerprint density at radius 2 is 0.593 bits per heavy atom. The molecular formula is C26H34Ti. The van der Waals surface area contributed by atoms with Crippen LogP contribution in [0.1, 0.15) is 27.7 Å². The zero-order valence-electron chi connectivity index (χ0n) is 17.4. The van der Waals surface area contributed by atoms with E-state index < -0.39 is 0 Å². The molecule has 0 aliphatic carbocycles. The number of hydrogen-bond donors (Lipinski definition) is 0. The van der Waals surface area contributed by atoms with Crippen LogP contribution in [-0.4, -0.2) is 0 Å². The molecule has 142 valence electrons. The first-order valence-electron chi connectivity index (χ1n) is 8.98. The van der Waals surface area contributed by atoms with Crippen molar-refractivity contribution in [2.75, 3.05) is 0 Å². The van der Waals surface area contributed by atoms with Gasteiger partial charge >= 0.3 is 21.7 Å². The monoisotopic (exact) mass is 394 g/mol. The van der Waals surface area contributed by atoms with Crippen LogP contribution in [0.2, 0.25) is 0 Å². The smallest absolute Gasteiger partial charge is 0.346 e. The van der Waals surface area contributed by atoms with Gasteiger partial charge in [0.25, 0.3) is 0 Å². The van der Waals surface area contributed by atoms with E-state index in [2.05, 4.69) is 113 Å². The normalized spacial score (nSPS) is 7.70. The van der Waals surface area contributed by atoms with Gasteiger partial charge in [0.1, 0.15) is 0 Å². The second kappa shape index (κ2) is 22.4. The number of hydrogen-bond acceptors (Lipinski definition) is 0. The fourth-order valence-corrected chi connectivity index (χ4v) is 2.22. The fraction of sp³-hybridized carbons (Fsp3) is 0.154. The maximum atomic E-state index is 3.25. The third-order valence-electron chi connectivity index (χ3n) is 3.10. The summed E-state index contributed by atoms with van der Waals surface area (Å²) in [5, 5.41) is 0. The standard InChI is InChI=1S/C18H14.4C2H5.Ti/c1-3-9-15(10-4-1)17-13-7-8-14-18(17)16-11-5-2-6-12-16;4*1-2;/h1-14H;4*1H2,2H3;/q;4*-1;+4. The largest absolute Gasteiger partial charge is 4.00 e. The van der Waals surface area contributed by atoms with Crippen molar-refractivity contribution in [1.82, 2.24) is 0 Å². The molecule has 0 fully saturated rings. The molecule has 0 aliphatic heterocycles. The molecule has 0 unspecified atom stereocenters. The van der Waals surface area contributed by atoms with Crippen molar-refractivity contribution in [2.24, 2.45) is 0 Å². The van der Waals surface area contributed by atoms with Crippen molar-refractivity contribution in [3.63, 3.8) is 0 Å². The summed E-state index contributed by atoms with van der Waals surface area (Å²) in [6.45, 7) is 20.0. The molecule has 0 heterocycles. The van der Waals surface area contributed by atoms with Crippen molar-refractivity contribution in [2.45, 2.75) is 27.7 Å². The predicted molar refractivity (Wildman–Crippen MR) is 121 cm³/mol. The molecule has 0 aromatic heterocycles. The summed E-state index contributed by atoms with van der Waals surface area (Å²) < 4.78 is 0. The molecule has 0 bridgehead atoms. The van der Waals surface area contributed by atoms with Gasteiger partial charge in [-0.1, -0.05) is 84.9 Å². The Morgan fingerprint density at radius 3 is 0.852 bits per heavy atom. The topological polar surface area (TPSA) is 0 Å². The van der Waals surface area contributed by atoms with Crippen LogP contribution in [0.5, 0.6) is 0 Å². The van der Waals surface area contributed by atoms with Crippen LogP contribution in [0.25, 0.3) is 22.3 Å². The van der Waals surface area contributed by atoms with Gasteiger partial charge in [-0.15, -0.1) is 0 Å². The average molecular weight is 394 g/mol. The van der Waals surface area contributed by atoms with Crippen LogP contribution in [0.4, 0.5) is 0 Å². The molecule has 3 aromatic carbocycles. The summed E-state index contributed by atoms with van der Waals surface area (Å²) in [7, 11) is 0. The molecule has 3 rings (SSSR count). The van der Waals surface area contributed by atoms with E-state index in [0.29, 0.717) is 0 Å². The van der Waals surface area contributed by atoms with E-state index in [0.717, 1.165) is 0 Å². The second-order valence-electron chi connectivity index (χ2n) is 4.28. The first-order chi connectivity index (χ1) is 12.9. The first kappa shape index (κ1) is 30.1. The third kappa shape index (κ3) is 11.0. The van der Waals surface area contributed by atoms with E-state index in [1.54, 1.807) is 27.7 Å². The first-order valence-corrected chi connectivity index (χ1v) is 8.98. The number of rotatable bonds is 2. The summed E-state index contributed by atoms with van der Waals surface area (Å²) >= 11 is 0. The van der Waals surface area contributed by atoms with Crippen molar-refractivity contribution >= 4 is 0 Å². The fourth-order valence-electron chi connectivity index (χ4n) is 2.22. The van der Waals surface area contributed by atoms with Gasteiger partial charge in [0.2, 0.25) is 0 Å². The Morgan fingerprint density at radius 1 is 0.370 bits per heavy atom. The van der Waals surface area contributed by atoms with E-state index >= 15 is 0 Å². The van der Waals surface area contributed by atoms with E-state index in [9.17, 15) is 0 Å². The van der Waals surface area contributed by atoms with Crippen molar-refractivity contribution in [3.05, 3.63) is 113 Å². The van der Waals surface area contributed by atoms with E-state index in [4.69, 9.17) is 0 Å². The third-order valence-corrected chi connectivity index (χ3v) is 3.10. The maximum absolute atomic E-state index is 3.25. The maximum Gasteiger partial charge on any atom is 4.00 e. The van der Waals surface area contributed by atoms with Gasteiger partial charge in [-0.05, 0) is 22.3 Å². The predicted octanol–water partition coefficient (Wildman–Crippen LogP) is 8.38. The minimum atomic E-state index is 0. The molecule has 27 heavy (non-hydrogen) atoms. The van der Waals surface area contributed by atoms with Gasteiger partial charge in [-0.2, -0.15) is 27.7 Å². The average Bonchev–Trinajstić information content (AvgIpc) is 2.80. The van der Waals surface area contributed by atoms with Crippen LogP contribution < -0.4 is 0 Å². The van der Waals surface area contributed by atoms with E-state index in [1.807, 2.05) is 0 Å². The van der Waals surface area contributed by atoms with Crippen LogP contribution in [0.15, 0.2) is 84.9 Å². The molecule has 0 radical (unpaired) electrons. The van der Waals surface area contributed by atoms with Crippen molar-refractivity contribution < 1.29 is 21.7 Å². The molecule has 0 nitrogen and oxygen atoms in total. The summed E-state index contributed by atoms with van der Waals surface area (Å²) in [6.07, 6.45) is 0.